The summed E-state index contributed by atoms with van der Waals surface area (Å²) in [4.78, 5) is 0. The fraction of sp³-hybridized carbons (Fsp3) is 0.130. The topological polar surface area (TPSA) is 12.0 Å². The van der Waals surface area contributed by atoms with Gasteiger partial charge in [0.05, 0.1) is 0 Å². The van der Waals surface area contributed by atoms with Crippen molar-refractivity contribution in [3.63, 3.8) is 0 Å². The Hall–Kier alpha value is -2.35. The normalized spacial score (nSPS) is 10.4. The van der Waals surface area contributed by atoms with E-state index in [-0.39, 0.29) is 0 Å². The van der Waals surface area contributed by atoms with Gasteiger partial charge in [0.15, 0.2) is 0 Å². The van der Waals surface area contributed by atoms with E-state index in [2.05, 4.69) is 78.1 Å². The van der Waals surface area contributed by atoms with Crippen molar-refractivity contribution in [2.24, 2.45) is 0 Å². The van der Waals surface area contributed by atoms with E-state index in [0.717, 1.165) is 24.5 Å². The number of rotatable bonds is 7. The van der Waals surface area contributed by atoms with Crippen LogP contribution in [0.2, 0.25) is 5.02 Å². The molecule has 0 fully saturated rings. The van der Waals surface area contributed by atoms with Crippen LogP contribution < -0.4 is 5.32 Å². The van der Waals surface area contributed by atoms with E-state index in [9.17, 15) is 0 Å². The molecule has 0 saturated heterocycles. The van der Waals surface area contributed by atoms with Crippen LogP contribution in [0.25, 0.3) is 5.57 Å². The molecule has 0 spiro atoms. The summed E-state index contributed by atoms with van der Waals surface area (Å²) in [6, 6.07) is 29.1. The first kappa shape index (κ1) is 17.5. The second kappa shape index (κ2) is 9.22. The molecular weight excluding hydrogens is 326 g/mol. The summed E-state index contributed by atoms with van der Waals surface area (Å²) in [7, 11) is 0. The number of hydrogen-bond acceptors (Lipinski definition) is 1. The molecule has 0 radical (unpaired) electrons. The highest BCUT2D eigenvalue weighted by atomic mass is 35.5. The lowest BCUT2D eigenvalue weighted by Crippen LogP contribution is -2.17. The molecule has 0 bridgehead atoms. The molecule has 0 aromatic heterocycles. The third kappa shape index (κ3) is 5.32. The molecule has 0 amide bonds. The summed E-state index contributed by atoms with van der Waals surface area (Å²) in [5, 5.41) is 4.30. The van der Waals surface area contributed by atoms with Gasteiger partial charge in [0.25, 0.3) is 0 Å². The Balaban J connectivity index is 1.63. The first-order valence-electron chi connectivity index (χ1n) is 8.59. The van der Waals surface area contributed by atoms with Crippen molar-refractivity contribution < 1.29 is 0 Å². The van der Waals surface area contributed by atoms with Gasteiger partial charge in [0.2, 0.25) is 0 Å². The van der Waals surface area contributed by atoms with Gasteiger partial charge >= 0.3 is 0 Å². The highest BCUT2D eigenvalue weighted by Crippen LogP contribution is 2.22. The van der Waals surface area contributed by atoms with Crippen LogP contribution >= 0.6 is 11.6 Å². The predicted molar refractivity (Wildman–Crippen MR) is 108 cm³/mol. The molecule has 2 heteroatoms. The maximum absolute atomic E-state index is 6.03. The van der Waals surface area contributed by atoms with Crippen molar-refractivity contribution in [3.05, 3.63) is 113 Å². The summed E-state index contributed by atoms with van der Waals surface area (Å²) in [6.07, 6.45) is 3.24. The van der Waals surface area contributed by atoms with Gasteiger partial charge in [-0.2, -0.15) is 0 Å². The molecule has 1 nitrogen and oxygen atoms in total. The van der Waals surface area contributed by atoms with E-state index in [0.29, 0.717) is 0 Å². The van der Waals surface area contributed by atoms with Crippen LogP contribution in [-0.4, -0.2) is 13.1 Å². The molecular formula is C23H22ClN. The molecule has 0 aliphatic heterocycles. The van der Waals surface area contributed by atoms with Gasteiger partial charge in [0, 0.05) is 11.6 Å². The summed E-state index contributed by atoms with van der Waals surface area (Å²) in [5.74, 6) is 0. The van der Waals surface area contributed by atoms with Crippen molar-refractivity contribution in [1.29, 1.82) is 0 Å². The minimum atomic E-state index is 0.799. The molecule has 0 atom stereocenters. The lowest BCUT2D eigenvalue weighted by atomic mass is 9.97. The molecule has 0 aliphatic rings. The Morgan fingerprint density at radius 3 is 2.04 bits per heavy atom. The third-order valence-corrected chi connectivity index (χ3v) is 4.33. The third-order valence-electron chi connectivity index (χ3n) is 4.10. The zero-order valence-corrected chi connectivity index (χ0v) is 14.9. The molecule has 0 unspecified atom stereocenters. The Morgan fingerprint density at radius 2 is 1.44 bits per heavy atom. The van der Waals surface area contributed by atoms with E-state index in [1.54, 1.807) is 0 Å². The molecule has 0 heterocycles. The van der Waals surface area contributed by atoms with Crippen LogP contribution in [0, 0.1) is 0 Å². The maximum Gasteiger partial charge on any atom is 0.0408 e. The molecule has 3 rings (SSSR count). The number of halogens is 1. The van der Waals surface area contributed by atoms with Crippen molar-refractivity contribution in [3.8, 4) is 0 Å². The quantitative estimate of drug-likeness (QED) is 0.548. The molecule has 25 heavy (non-hydrogen) atoms. The average molecular weight is 348 g/mol. The van der Waals surface area contributed by atoms with Crippen LogP contribution in [0.5, 0.6) is 0 Å². The van der Waals surface area contributed by atoms with Crippen molar-refractivity contribution in [2.75, 3.05) is 13.1 Å². The van der Waals surface area contributed by atoms with Gasteiger partial charge < -0.3 is 5.32 Å². The smallest absolute Gasteiger partial charge is 0.0408 e. The van der Waals surface area contributed by atoms with Crippen LogP contribution in [0.15, 0.2) is 91.0 Å². The number of benzene rings is 3. The Bertz CT molecular complexity index is 768. The Morgan fingerprint density at radius 1 is 0.800 bits per heavy atom. The second-order valence-electron chi connectivity index (χ2n) is 5.93. The molecule has 126 valence electrons. The Labute approximate surface area is 155 Å². The first-order chi connectivity index (χ1) is 12.3. The highest BCUT2D eigenvalue weighted by molar-refractivity contribution is 6.30. The average Bonchev–Trinajstić information content (AvgIpc) is 2.66. The van der Waals surface area contributed by atoms with Crippen LogP contribution in [0.1, 0.15) is 16.7 Å². The van der Waals surface area contributed by atoms with E-state index in [1.807, 2.05) is 18.2 Å². The molecule has 1 N–H and O–H groups in total. The lowest BCUT2D eigenvalue weighted by Gasteiger charge is -2.09. The zero-order chi connectivity index (χ0) is 17.3. The van der Waals surface area contributed by atoms with Crippen LogP contribution in [-0.2, 0) is 6.42 Å². The van der Waals surface area contributed by atoms with Gasteiger partial charge in [-0.05, 0) is 47.4 Å². The summed E-state index contributed by atoms with van der Waals surface area (Å²) >= 11 is 6.03. The van der Waals surface area contributed by atoms with Crippen molar-refractivity contribution >= 4 is 17.2 Å². The summed E-state index contributed by atoms with van der Waals surface area (Å²) in [5.41, 5.74) is 5.00. The standard InChI is InChI=1S/C23H22ClN/c24-22-13-7-8-19(18-22)14-16-25-17-15-23(20-9-3-1-4-10-20)21-11-5-2-6-12-21/h1-13,15,18,25H,14,16-17H2. The van der Waals surface area contributed by atoms with Crippen molar-refractivity contribution in [2.45, 2.75) is 6.42 Å². The molecule has 3 aromatic rings. The first-order valence-corrected chi connectivity index (χ1v) is 8.97. The minimum absolute atomic E-state index is 0.799. The Kier molecular flexibility index (Phi) is 6.44. The molecule has 0 aliphatic carbocycles. The van der Waals surface area contributed by atoms with Crippen LogP contribution in [0.4, 0.5) is 0 Å². The fourth-order valence-electron chi connectivity index (χ4n) is 2.84. The van der Waals surface area contributed by atoms with Gasteiger partial charge in [-0.25, -0.2) is 0 Å². The summed E-state index contributed by atoms with van der Waals surface area (Å²) in [6.45, 7) is 1.76. The zero-order valence-electron chi connectivity index (χ0n) is 14.2. The largest absolute Gasteiger partial charge is 0.313 e. The van der Waals surface area contributed by atoms with Gasteiger partial charge in [0.1, 0.15) is 0 Å². The lowest BCUT2D eigenvalue weighted by molar-refractivity contribution is 0.745. The molecule has 0 saturated carbocycles. The number of hydrogen-bond donors (Lipinski definition) is 1. The molecule has 3 aromatic carbocycles. The summed E-state index contributed by atoms with van der Waals surface area (Å²) < 4.78 is 0. The second-order valence-corrected chi connectivity index (χ2v) is 6.37. The monoisotopic (exact) mass is 347 g/mol. The van der Waals surface area contributed by atoms with Gasteiger partial charge in [-0.3, -0.25) is 0 Å². The fourth-order valence-corrected chi connectivity index (χ4v) is 3.05. The van der Waals surface area contributed by atoms with Crippen LogP contribution in [0.3, 0.4) is 0 Å². The predicted octanol–water partition coefficient (Wildman–Crippen LogP) is 5.60. The SMILES string of the molecule is Clc1cccc(CCNCC=C(c2ccccc2)c2ccccc2)c1. The van der Waals surface area contributed by atoms with E-state index in [1.165, 1.54) is 22.3 Å². The van der Waals surface area contributed by atoms with Gasteiger partial charge in [-0.1, -0.05) is 90.5 Å². The van der Waals surface area contributed by atoms with Gasteiger partial charge in [-0.15, -0.1) is 0 Å². The minimum Gasteiger partial charge on any atom is -0.313 e. The van der Waals surface area contributed by atoms with E-state index >= 15 is 0 Å². The maximum atomic E-state index is 6.03. The van der Waals surface area contributed by atoms with Crippen molar-refractivity contribution in [1.82, 2.24) is 5.32 Å². The number of nitrogens with one attached hydrogen (secondary N) is 1. The van der Waals surface area contributed by atoms with E-state index in [4.69, 9.17) is 11.6 Å². The van der Waals surface area contributed by atoms with E-state index < -0.39 is 0 Å². The highest BCUT2D eigenvalue weighted by Gasteiger charge is 2.03.